The Kier molecular flexibility index (Phi) is 4.39. The maximum absolute atomic E-state index is 12.6. The molecule has 2 saturated heterocycles. The fourth-order valence-corrected chi connectivity index (χ4v) is 3.60. The molecule has 0 bridgehead atoms. The molecule has 0 unspecified atom stereocenters. The lowest BCUT2D eigenvalue weighted by Gasteiger charge is -2.38. The van der Waals surface area contributed by atoms with E-state index in [9.17, 15) is 9.59 Å². The Morgan fingerprint density at radius 2 is 1.65 bits per heavy atom. The van der Waals surface area contributed by atoms with Gasteiger partial charge in [-0.1, -0.05) is 0 Å². The molecule has 1 N–H and O–H groups in total. The minimum absolute atomic E-state index is 0.0438. The summed E-state index contributed by atoms with van der Waals surface area (Å²) in [6.45, 7) is 3.86. The number of amides is 2. The Labute approximate surface area is 137 Å². The van der Waals surface area contributed by atoms with Gasteiger partial charge in [0.05, 0.1) is 0 Å². The molecule has 3 rings (SSSR count). The molecule has 2 fully saturated rings. The van der Waals surface area contributed by atoms with Crippen molar-refractivity contribution in [2.24, 2.45) is 5.41 Å². The molecular weight excluding hydrogens is 290 g/mol. The van der Waals surface area contributed by atoms with E-state index in [0.717, 1.165) is 39.0 Å². The first-order chi connectivity index (χ1) is 11.0. The Morgan fingerprint density at radius 3 is 2.17 bits per heavy atom. The number of piperidine rings is 1. The van der Waals surface area contributed by atoms with Crippen LogP contribution < -0.4 is 5.32 Å². The monoisotopic (exact) mass is 315 g/mol. The van der Waals surface area contributed by atoms with Gasteiger partial charge in [-0.25, -0.2) is 0 Å². The molecular formula is C18H25N3O2. The summed E-state index contributed by atoms with van der Waals surface area (Å²) < 4.78 is 0. The predicted molar refractivity (Wildman–Crippen MR) is 89.5 cm³/mol. The van der Waals surface area contributed by atoms with Crippen LogP contribution in [0.25, 0.3) is 0 Å². The van der Waals surface area contributed by atoms with Crippen molar-refractivity contribution in [3.63, 3.8) is 0 Å². The molecule has 2 aliphatic heterocycles. The molecule has 0 aromatic heterocycles. The van der Waals surface area contributed by atoms with Crippen molar-refractivity contribution in [1.82, 2.24) is 15.1 Å². The minimum atomic E-state index is -0.0438. The van der Waals surface area contributed by atoms with Crippen LogP contribution in [0.15, 0.2) is 24.3 Å². The van der Waals surface area contributed by atoms with Crippen molar-refractivity contribution >= 4 is 11.8 Å². The first kappa shape index (κ1) is 16.0. The van der Waals surface area contributed by atoms with Gasteiger partial charge in [0.1, 0.15) is 0 Å². The molecule has 1 spiro atoms. The zero-order valence-corrected chi connectivity index (χ0v) is 14.0. The van der Waals surface area contributed by atoms with Crippen molar-refractivity contribution in [3.8, 4) is 0 Å². The van der Waals surface area contributed by atoms with Gasteiger partial charge in [0, 0.05) is 44.9 Å². The Balaban J connectivity index is 1.63. The van der Waals surface area contributed by atoms with Crippen LogP contribution in [-0.2, 0) is 0 Å². The summed E-state index contributed by atoms with van der Waals surface area (Å²) in [6, 6.07) is 7.00. The zero-order chi connectivity index (χ0) is 16.4. The third-order valence-corrected chi connectivity index (χ3v) is 5.23. The first-order valence-electron chi connectivity index (χ1n) is 8.33. The maximum atomic E-state index is 12.6. The summed E-state index contributed by atoms with van der Waals surface area (Å²) in [5.74, 6) is 0.0345. The van der Waals surface area contributed by atoms with Crippen molar-refractivity contribution in [3.05, 3.63) is 35.4 Å². The summed E-state index contributed by atoms with van der Waals surface area (Å²) >= 11 is 0. The molecule has 1 aromatic rings. The largest absolute Gasteiger partial charge is 0.345 e. The van der Waals surface area contributed by atoms with Crippen molar-refractivity contribution in [1.29, 1.82) is 0 Å². The van der Waals surface area contributed by atoms with Crippen LogP contribution in [0.2, 0.25) is 0 Å². The van der Waals surface area contributed by atoms with Crippen LogP contribution >= 0.6 is 0 Å². The van der Waals surface area contributed by atoms with Gasteiger partial charge in [-0.15, -0.1) is 0 Å². The Hall–Kier alpha value is -1.88. The molecule has 5 nitrogen and oxygen atoms in total. The Morgan fingerprint density at radius 1 is 1.04 bits per heavy atom. The second-order valence-corrected chi connectivity index (χ2v) is 7.00. The highest BCUT2D eigenvalue weighted by Crippen LogP contribution is 2.37. The lowest BCUT2D eigenvalue weighted by Crippen LogP contribution is -2.44. The fraction of sp³-hybridized carbons (Fsp3) is 0.556. The molecule has 23 heavy (non-hydrogen) atoms. The number of rotatable bonds is 2. The smallest absolute Gasteiger partial charge is 0.253 e. The van der Waals surface area contributed by atoms with Gasteiger partial charge >= 0.3 is 0 Å². The van der Waals surface area contributed by atoms with E-state index in [-0.39, 0.29) is 11.8 Å². The van der Waals surface area contributed by atoms with Gasteiger partial charge in [-0.2, -0.15) is 0 Å². The topological polar surface area (TPSA) is 52.7 Å². The quantitative estimate of drug-likeness (QED) is 0.902. The number of nitrogens with zero attached hydrogens (tertiary/aromatic N) is 2. The molecule has 0 aliphatic carbocycles. The Bertz CT molecular complexity index is 579. The summed E-state index contributed by atoms with van der Waals surface area (Å²) in [5.41, 5.74) is 1.70. The fourth-order valence-electron chi connectivity index (χ4n) is 3.60. The van der Waals surface area contributed by atoms with Gasteiger partial charge in [0.25, 0.3) is 11.8 Å². The highest BCUT2D eigenvalue weighted by molar-refractivity contribution is 5.97. The molecule has 1 aromatic carbocycles. The first-order valence-corrected chi connectivity index (χ1v) is 8.33. The number of carbonyl (C=O) groups is 2. The van der Waals surface area contributed by atoms with Gasteiger partial charge < -0.3 is 15.1 Å². The van der Waals surface area contributed by atoms with Gasteiger partial charge in [-0.05, 0) is 55.5 Å². The minimum Gasteiger partial charge on any atom is -0.345 e. The van der Waals surface area contributed by atoms with Crippen LogP contribution in [-0.4, -0.2) is 61.9 Å². The molecule has 2 aliphatic rings. The highest BCUT2D eigenvalue weighted by atomic mass is 16.2. The number of carbonyl (C=O) groups excluding carboxylic acids is 2. The number of hydrogen-bond donors (Lipinski definition) is 1. The van der Waals surface area contributed by atoms with Gasteiger partial charge in [0.2, 0.25) is 0 Å². The van der Waals surface area contributed by atoms with E-state index >= 15 is 0 Å². The number of likely N-dealkylation sites (tertiary alicyclic amines) is 1. The molecule has 5 heteroatoms. The van der Waals surface area contributed by atoms with Gasteiger partial charge in [-0.3, -0.25) is 9.59 Å². The van der Waals surface area contributed by atoms with Crippen LogP contribution in [0, 0.1) is 5.41 Å². The average Bonchev–Trinajstić information content (AvgIpc) is 3.02. The van der Waals surface area contributed by atoms with Crippen molar-refractivity contribution < 1.29 is 9.59 Å². The van der Waals surface area contributed by atoms with Crippen LogP contribution in [0.4, 0.5) is 0 Å². The third kappa shape index (κ3) is 3.24. The molecule has 2 heterocycles. The molecule has 2 amide bonds. The van der Waals surface area contributed by atoms with Crippen molar-refractivity contribution in [2.45, 2.75) is 19.3 Å². The van der Waals surface area contributed by atoms with E-state index < -0.39 is 0 Å². The second kappa shape index (κ2) is 6.32. The van der Waals surface area contributed by atoms with E-state index in [1.807, 2.05) is 4.90 Å². The van der Waals surface area contributed by atoms with Crippen LogP contribution in [0.1, 0.15) is 40.0 Å². The number of nitrogens with one attached hydrogen (secondary N) is 1. The van der Waals surface area contributed by atoms with E-state index in [1.165, 1.54) is 11.3 Å². The standard InChI is InChI=1S/C18H25N3O2/c1-20(2)16(22)14-3-5-15(6-4-14)17(23)21-11-8-18(9-12-21)7-10-19-13-18/h3-6,19H,7-13H2,1-2H3. The van der Waals surface area contributed by atoms with E-state index in [4.69, 9.17) is 0 Å². The normalized spacial score (nSPS) is 19.8. The third-order valence-electron chi connectivity index (χ3n) is 5.23. The van der Waals surface area contributed by atoms with E-state index in [1.54, 1.807) is 38.4 Å². The van der Waals surface area contributed by atoms with E-state index in [2.05, 4.69) is 5.32 Å². The summed E-state index contributed by atoms with van der Waals surface area (Å²) in [4.78, 5) is 28.0. The van der Waals surface area contributed by atoms with Gasteiger partial charge in [0.15, 0.2) is 0 Å². The second-order valence-electron chi connectivity index (χ2n) is 7.00. The molecule has 0 atom stereocenters. The predicted octanol–water partition coefficient (Wildman–Crippen LogP) is 1.60. The molecule has 0 saturated carbocycles. The highest BCUT2D eigenvalue weighted by Gasteiger charge is 2.38. The number of hydrogen-bond acceptors (Lipinski definition) is 3. The van der Waals surface area contributed by atoms with E-state index in [0.29, 0.717) is 16.5 Å². The average molecular weight is 315 g/mol. The summed E-state index contributed by atoms with van der Waals surface area (Å²) in [5, 5.41) is 3.45. The van der Waals surface area contributed by atoms with Crippen molar-refractivity contribution in [2.75, 3.05) is 40.3 Å². The SMILES string of the molecule is CN(C)C(=O)c1ccc(C(=O)N2CCC3(CCNC3)CC2)cc1. The molecule has 0 radical (unpaired) electrons. The number of benzene rings is 1. The summed E-state index contributed by atoms with van der Waals surface area (Å²) in [6.07, 6.45) is 3.41. The lowest BCUT2D eigenvalue weighted by molar-refractivity contribution is 0.0607. The molecule has 124 valence electrons. The lowest BCUT2D eigenvalue weighted by atomic mass is 9.78. The van der Waals surface area contributed by atoms with Crippen LogP contribution in [0.3, 0.4) is 0 Å². The zero-order valence-electron chi connectivity index (χ0n) is 14.0. The van der Waals surface area contributed by atoms with Crippen LogP contribution in [0.5, 0.6) is 0 Å². The summed E-state index contributed by atoms with van der Waals surface area (Å²) in [7, 11) is 3.45. The maximum Gasteiger partial charge on any atom is 0.253 e.